The van der Waals surface area contributed by atoms with Crippen LogP contribution in [0.2, 0.25) is 0 Å². The third kappa shape index (κ3) is 3.51. The van der Waals surface area contributed by atoms with E-state index >= 15 is 0 Å². The van der Waals surface area contributed by atoms with Gasteiger partial charge in [0.1, 0.15) is 11.5 Å². The molecular formula is C16H20FN3O2. The van der Waals surface area contributed by atoms with Gasteiger partial charge in [-0.25, -0.2) is 4.39 Å². The molecule has 2 rings (SSSR count). The lowest BCUT2D eigenvalue weighted by atomic mass is 10.0. The van der Waals surface area contributed by atoms with E-state index in [9.17, 15) is 14.3 Å². The van der Waals surface area contributed by atoms with Crippen LogP contribution in [0.4, 0.5) is 4.39 Å². The molecular weight excluding hydrogens is 285 g/mol. The largest absolute Gasteiger partial charge is 0.386 e. The number of aromatic nitrogens is 2. The Morgan fingerprint density at radius 3 is 2.45 bits per heavy atom. The molecule has 0 spiro atoms. The van der Waals surface area contributed by atoms with Gasteiger partial charge in [-0.3, -0.25) is 9.48 Å². The van der Waals surface area contributed by atoms with Gasteiger partial charge in [0, 0.05) is 12.2 Å². The number of amides is 1. The molecule has 0 bridgehead atoms. The molecule has 1 heterocycles. The number of carbonyl (C=O) groups is 1. The van der Waals surface area contributed by atoms with Gasteiger partial charge in [-0.2, -0.15) is 5.10 Å². The van der Waals surface area contributed by atoms with Gasteiger partial charge in [-0.15, -0.1) is 0 Å². The number of nitrogens with one attached hydrogen (secondary N) is 1. The third-order valence-electron chi connectivity index (χ3n) is 3.44. The predicted octanol–water partition coefficient (Wildman–Crippen LogP) is 2.46. The number of rotatable bonds is 5. The summed E-state index contributed by atoms with van der Waals surface area (Å²) in [5, 5.41) is 17.1. The summed E-state index contributed by atoms with van der Waals surface area (Å²) in [6.07, 6.45) is 0.649. The molecule has 0 radical (unpaired) electrons. The second-order valence-electron chi connectivity index (χ2n) is 5.51. The van der Waals surface area contributed by atoms with Crippen molar-refractivity contribution in [1.29, 1.82) is 0 Å². The van der Waals surface area contributed by atoms with Crippen molar-refractivity contribution in [3.63, 3.8) is 0 Å². The fourth-order valence-corrected chi connectivity index (χ4v) is 2.21. The van der Waals surface area contributed by atoms with Gasteiger partial charge < -0.3 is 10.4 Å². The summed E-state index contributed by atoms with van der Waals surface area (Å²) >= 11 is 0. The van der Waals surface area contributed by atoms with E-state index in [1.807, 2.05) is 13.8 Å². The van der Waals surface area contributed by atoms with Crippen LogP contribution in [0.25, 0.3) is 0 Å². The molecule has 0 aliphatic heterocycles. The SMILES string of the molecule is CC(NC(=O)c1ccnn1C(C)C)C(O)c1ccc(F)cc1. The first-order chi connectivity index (χ1) is 10.4. The normalized spacial score (nSPS) is 13.9. The van der Waals surface area contributed by atoms with Crippen LogP contribution in [0.5, 0.6) is 0 Å². The highest BCUT2D eigenvalue weighted by atomic mass is 19.1. The minimum absolute atomic E-state index is 0.0630. The van der Waals surface area contributed by atoms with Crippen LogP contribution in [0, 0.1) is 5.82 Å². The van der Waals surface area contributed by atoms with Crippen molar-refractivity contribution in [1.82, 2.24) is 15.1 Å². The Hall–Kier alpha value is -2.21. The quantitative estimate of drug-likeness (QED) is 0.891. The zero-order chi connectivity index (χ0) is 16.3. The van der Waals surface area contributed by atoms with E-state index in [0.717, 1.165) is 0 Å². The number of hydrogen-bond donors (Lipinski definition) is 2. The maximum Gasteiger partial charge on any atom is 0.269 e. The summed E-state index contributed by atoms with van der Waals surface area (Å²) in [6, 6.07) is 6.73. The van der Waals surface area contributed by atoms with Crippen LogP contribution in [0.15, 0.2) is 36.5 Å². The molecule has 1 amide bonds. The average molecular weight is 305 g/mol. The Kier molecular flexibility index (Phi) is 4.92. The van der Waals surface area contributed by atoms with E-state index in [0.29, 0.717) is 11.3 Å². The summed E-state index contributed by atoms with van der Waals surface area (Å²) in [5.41, 5.74) is 0.986. The summed E-state index contributed by atoms with van der Waals surface area (Å²) in [4.78, 5) is 12.3. The van der Waals surface area contributed by atoms with Gasteiger partial charge in [0.25, 0.3) is 5.91 Å². The van der Waals surface area contributed by atoms with E-state index in [1.165, 1.54) is 24.3 Å². The molecule has 2 N–H and O–H groups in total. The van der Waals surface area contributed by atoms with Gasteiger partial charge in [0.15, 0.2) is 0 Å². The first kappa shape index (κ1) is 16.2. The van der Waals surface area contributed by atoms with Crippen molar-refractivity contribution >= 4 is 5.91 Å². The molecule has 0 fully saturated rings. The smallest absolute Gasteiger partial charge is 0.269 e. The first-order valence-electron chi connectivity index (χ1n) is 7.18. The zero-order valence-electron chi connectivity index (χ0n) is 12.8. The predicted molar refractivity (Wildman–Crippen MR) is 80.9 cm³/mol. The second kappa shape index (κ2) is 6.70. The molecule has 22 heavy (non-hydrogen) atoms. The van der Waals surface area contributed by atoms with Gasteiger partial charge in [-0.05, 0) is 44.5 Å². The molecule has 2 unspecified atom stereocenters. The lowest BCUT2D eigenvalue weighted by molar-refractivity contribution is 0.0840. The number of hydrogen-bond acceptors (Lipinski definition) is 3. The second-order valence-corrected chi connectivity index (χ2v) is 5.51. The van der Waals surface area contributed by atoms with E-state index in [4.69, 9.17) is 0 Å². The molecule has 0 saturated heterocycles. The number of aliphatic hydroxyl groups is 1. The Morgan fingerprint density at radius 2 is 1.86 bits per heavy atom. The minimum Gasteiger partial charge on any atom is -0.386 e. The monoisotopic (exact) mass is 305 g/mol. The fraction of sp³-hybridized carbons (Fsp3) is 0.375. The van der Waals surface area contributed by atoms with Gasteiger partial charge in [-0.1, -0.05) is 12.1 Å². The van der Waals surface area contributed by atoms with Gasteiger partial charge in [0.2, 0.25) is 0 Å². The molecule has 2 atom stereocenters. The number of carbonyl (C=O) groups excluding carboxylic acids is 1. The minimum atomic E-state index is -0.917. The lowest BCUT2D eigenvalue weighted by Crippen LogP contribution is -2.38. The first-order valence-corrected chi connectivity index (χ1v) is 7.18. The van der Waals surface area contributed by atoms with Crippen molar-refractivity contribution < 1.29 is 14.3 Å². The van der Waals surface area contributed by atoms with E-state index in [1.54, 1.807) is 23.9 Å². The maximum atomic E-state index is 12.9. The Morgan fingerprint density at radius 1 is 1.23 bits per heavy atom. The van der Waals surface area contributed by atoms with E-state index in [-0.39, 0.29) is 17.8 Å². The number of benzene rings is 1. The highest BCUT2D eigenvalue weighted by Gasteiger charge is 2.21. The standard InChI is InChI=1S/C16H20FN3O2/c1-10(2)20-14(8-9-18-20)16(22)19-11(3)15(21)12-4-6-13(17)7-5-12/h4-11,15,21H,1-3H3,(H,19,22). The highest BCUT2D eigenvalue weighted by molar-refractivity contribution is 5.92. The molecule has 0 saturated carbocycles. The number of aliphatic hydroxyl groups excluding tert-OH is 1. The topological polar surface area (TPSA) is 67.2 Å². The van der Waals surface area contributed by atoms with Crippen molar-refractivity contribution in [3.8, 4) is 0 Å². The molecule has 2 aromatic rings. The zero-order valence-corrected chi connectivity index (χ0v) is 12.8. The van der Waals surface area contributed by atoms with Crippen molar-refractivity contribution in [3.05, 3.63) is 53.6 Å². The fourth-order valence-electron chi connectivity index (χ4n) is 2.21. The van der Waals surface area contributed by atoms with Gasteiger partial charge in [0.05, 0.1) is 12.1 Å². The summed E-state index contributed by atoms with van der Waals surface area (Å²) in [7, 11) is 0. The van der Waals surface area contributed by atoms with Crippen LogP contribution < -0.4 is 5.32 Å². The van der Waals surface area contributed by atoms with Crippen LogP contribution >= 0.6 is 0 Å². The Labute approximate surface area is 128 Å². The molecule has 0 aliphatic rings. The van der Waals surface area contributed by atoms with E-state index in [2.05, 4.69) is 10.4 Å². The van der Waals surface area contributed by atoms with Crippen LogP contribution in [-0.2, 0) is 0 Å². The summed E-state index contributed by atoms with van der Waals surface area (Å²) in [6.45, 7) is 5.56. The van der Waals surface area contributed by atoms with Crippen LogP contribution in [0.3, 0.4) is 0 Å². The highest BCUT2D eigenvalue weighted by Crippen LogP contribution is 2.18. The third-order valence-corrected chi connectivity index (χ3v) is 3.44. The Bertz CT molecular complexity index is 637. The summed E-state index contributed by atoms with van der Waals surface area (Å²) in [5.74, 6) is -0.673. The maximum absolute atomic E-state index is 12.9. The molecule has 5 nitrogen and oxygen atoms in total. The molecule has 1 aromatic heterocycles. The molecule has 0 aliphatic carbocycles. The van der Waals surface area contributed by atoms with Crippen LogP contribution in [-0.4, -0.2) is 26.8 Å². The molecule has 118 valence electrons. The summed E-state index contributed by atoms with van der Waals surface area (Å²) < 4.78 is 14.5. The molecule has 6 heteroatoms. The number of nitrogens with zero attached hydrogens (tertiary/aromatic N) is 2. The average Bonchev–Trinajstić information content (AvgIpc) is 2.97. The Balaban J connectivity index is 2.07. The lowest BCUT2D eigenvalue weighted by Gasteiger charge is -2.21. The van der Waals surface area contributed by atoms with Crippen LogP contribution in [0.1, 0.15) is 49.0 Å². The van der Waals surface area contributed by atoms with Crippen molar-refractivity contribution in [2.75, 3.05) is 0 Å². The number of halogens is 1. The van der Waals surface area contributed by atoms with Gasteiger partial charge >= 0.3 is 0 Å². The molecule has 1 aromatic carbocycles. The van der Waals surface area contributed by atoms with Crippen molar-refractivity contribution in [2.24, 2.45) is 0 Å². The van der Waals surface area contributed by atoms with E-state index < -0.39 is 12.1 Å². The van der Waals surface area contributed by atoms with Crippen molar-refractivity contribution in [2.45, 2.75) is 39.0 Å².